The number of carbonyl (C=O) groups is 2. The lowest BCUT2D eigenvalue weighted by Gasteiger charge is -2.29. The monoisotopic (exact) mass is 544 g/mol. The van der Waals surface area contributed by atoms with Gasteiger partial charge in [-0.15, -0.1) is 0 Å². The van der Waals surface area contributed by atoms with Gasteiger partial charge in [-0.2, -0.15) is 0 Å². The molecule has 7 nitrogen and oxygen atoms in total. The van der Waals surface area contributed by atoms with Gasteiger partial charge < -0.3 is 23.1 Å². The van der Waals surface area contributed by atoms with Crippen LogP contribution >= 0.6 is 0 Å². The van der Waals surface area contributed by atoms with Crippen molar-refractivity contribution in [2.75, 3.05) is 46.0 Å². The average Bonchev–Trinajstić information content (AvgIpc) is 2.82. The molecule has 0 bridgehead atoms. The van der Waals surface area contributed by atoms with Gasteiger partial charge in [0, 0.05) is 60.1 Å². The van der Waals surface area contributed by atoms with Crippen molar-refractivity contribution in [2.24, 2.45) is 0 Å². The number of carbonyl (C=O) groups excluding carboxylic acids is 2. The molecule has 0 aliphatic carbocycles. The fourth-order valence-corrected chi connectivity index (χ4v) is 7.56. The molecule has 0 aliphatic heterocycles. The third-order valence-electron chi connectivity index (χ3n) is 5.32. The zero-order valence-corrected chi connectivity index (χ0v) is 26.7. The van der Waals surface area contributed by atoms with E-state index in [1.54, 1.807) is 0 Å². The SMILES string of the molecule is C=CC(=O)N(CCC)CCC[Si](C)(C)C.C=CC(=O)N(CCC)CCC[Si](OCC)(OCC)OCC. The Labute approximate surface area is 224 Å². The fraction of sp³-hybridized carbons (Fsp3) is 0.778. The third-order valence-corrected chi connectivity index (χ3v) is 10.3. The summed E-state index contributed by atoms with van der Waals surface area (Å²) in [6.45, 7) is 29.1. The molecule has 0 unspecified atom stereocenters. The van der Waals surface area contributed by atoms with Gasteiger partial charge in [-0.25, -0.2) is 0 Å². The van der Waals surface area contributed by atoms with Crippen LogP contribution in [-0.2, 0) is 22.9 Å². The Morgan fingerprint density at radius 2 is 1.03 bits per heavy atom. The molecule has 36 heavy (non-hydrogen) atoms. The van der Waals surface area contributed by atoms with E-state index in [0.717, 1.165) is 51.4 Å². The second kappa shape index (κ2) is 21.8. The molecule has 212 valence electrons. The fourth-order valence-electron chi connectivity index (χ4n) is 3.75. The molecule has 0 saturated carbocycles. The summed E-state index contributed by atoms with van der Waals surface area (Å²) in [6, 6.07) is 2.02. The Morgan fingerprint density at radius 1 is 0.667 bits per heavy atom. The van der Waals surface area contributed by atoms with Gasteiger partial charge in [-0.3, -0.25) is 9.59 Å². The van der Waals surface area contributed by atoms with Gasteiger partial charge in [0.25, 0.3) is 0 Å². The lowest BCUT2D eigenvalue weighted by atomic mass is 10.3. The molecular weight excluding hydrogens is 488 g/mol. The molecule has 0 aromatic rings. The number of nitrogens with zero attached hydrogens (tertiary/aromatic N) is 2. The summed E-state index contributed by atoms with van der Waals surface area (Å²) in [6.07, 6.45) is 6.69. The molecule has 9 heteroatoms. The van der Waals surface area contributed by atoms with E-state index < -0.39 is 16.9 Å². The highest BCUT2D eigenvalue weighted by Gasteiger charge is 2.39. The minimum atomic E-state index is -2.59. The highest BCUT2D eigenvalue weighted by molar-refractivity contribution is 6.76. The second-order valence-electron chi connectivity index (χ2n) is 9.81. The summed E-state index contributed by atoms with van der Waals surface area (Å²) in [5.41, 5.74) is 0. The van der Waals surface area contributed by atoms with Crippen LogP contribution < -0.4 is 0 Å². The van der Waals surface area contributed by atoms with Gasteiger partial charge in [0.2, 0.25) is 11.8 Å². The third kappa shape index (κ3) is 18.1. The zero-order valence-electron chi connectivity index (χ0n) is 24.7. The molecule has 0 aromatic carbocycles. The van der Waals surface area contributed by atoms with E-state index in [4.69, 9.17) is 13.3 Å². The molecule has 0 N–H and O–H groups in total. The minimum absolute atomic E-state index is 0.0200. The van der Waals surface area contributed by atoms with Crippen LogP contribution in [0.25, 0.3) is 0 Å². The maximum atomic E-state index is 11.8. The van der Waals surface area contributed by atoms with Crippen LogP contribution in [0.15, 0.2) is 25.3 Å². The Bertz CT molecular complexity index is 594. The normalized spacial score (nSPS) is 11.3. The maximum absolute atomic E-state index is 11.8. The minimum Gasteiger partial charge on any atom is -0.374 e. The summed E-state index contributed by atoms with van der Waals surface area (Å²) in [7, 11) is -3.55. The van der Waals surface area contributed by atoms with Gasteiger partial charge in [0.1, 0.15) is 0 Å². The second-order valence-corrected chi connectivity index (χ2v) is 18.2. The van der Waals surface area contributed by atoms with Crippen LogP contribution in [0, 0.1) is 0 Å². The summed E-state index contributed by atoms with van der Waals surface area (Å²) in [5, 5.41) is 0. The predicted molar refractivity (Wildman–Crippen MR) is 157 cm³/mol. The molecule has 0 saturated heterocycles. The highest BCUT2D eigenvalue weighted by Crippen LogP contribution is 2.18. The number of amides is 2. The summed E-state index contributed by atoms with van der Waals surface area (Å²) in [4.78, 5) is 27.0. The first-order valence-electron chi connectivity index (χ1n) is 13.7. The Hall–Kier alpha value is -1.27. The Kier molecular flexibility index (Phi) is 22.3. The van der Waals surface area contributed by atoms with E-state index in [9.17, 15) is 9.59 Å². The van der Waals surface area contributed by atoms with Crippen molar-refractivity contribution in [3.8, 4) is 0 Å². The lowest BCUT2D eigenvalue weighted by Crippen LogP contribution is -2.46. The van der Waals surface area contributed by atoms with E-state index in [1.165, 1.54) is 18.2 Å². The van der Waals surface area contributed by atoms with Crippen molar-refractivity contribution < 1.29 is 22.9 Å². The quantitative estimate of drug-likeness (QED) is 0.139. The first-order chi connectivity index (χ1) is 17.0. The number of hydrogen-bond acceptors (Lipinski definition) is 5. The van der Waals surface area contributed by atoms with Gasteiger partial charge in [0.05, 0.1) is 0 Å². The topological polar surface area (TPSA) is 68.3 Å². The Balaban J connectivity index is 0. The van der Waals surface area contributed by atoms with Crippen LogP contribution in [-0.4, -0.2) is 84.5 Å². The molecule has 0 radical (unpaired) electrons. The van der Waals surface area contributed by atoms with Gasteiger partial charge in [0.15, 0.2) is 0 Å². The van der Waals surface area contributed by atoms with Gasteiger partial charge in [-0.05, 0) is 58.6 Å². The van der Waals surface area contributed by atoms with Gasteiger partial charge >= 0.3 is 8.80 Å². The summed E-state index contributed by atoms with van der Waals surface area (Å²) < 4.78 is 17.4. The Morgan fingerprint density at radius 3 is 1.31 bits per heavy atom. The molecule has 2 amide bonds. The van der Waals surface area contributed by atoms with Crippen molar-refractivity contribution in [3.63, 3.8) is 0 Å². The molecule has 0 aromatic heterocycles. The van der Waals surface area contributed by atoms with E-state index in [0.29, 0.717) is 26.4 Å². The zero-order chi connectivity index (χ0) is 28.0. The lowest BCUT2D eigenvalue weighted by molar-refractivity contribution is -0.126. The molecule has 0 rings (SSSR count). The van der Waals surface area contributed by atoms with Crippen molar-refractivity contribution in [1.82, 2.24) is 9.80 Å². The van der Waals surface area contributed by atoms with Crippen molar-refractivity contribution in [2.45, 2.75) is 92.0 Å². The van der Waals surface area contributed by atoms with Crippen molar-refractivity contribution in [3.05, 3.63) is 25.3 Å². The van der Waals surface area contributed by atoms with Crippen molar-refractivity contribution in [1.29, 1.82) is 0 Å². The molecule has 0 spiro atoms. The highest BCUT2D eigenvalue weighted by atomic mass is 28.4. The van der Waals surface area contributed by atoms with E-state index in [1.807, 2.05) is 30.6 Å². The smallest absolute Gasteiger partial charge is 0.374 e. The molecule has 0 fully saturated rings. The van der Waals surface area contributed by atoms with Gasteiger partial charge in [-0.1, -0.05) is 52.7 Å². The van der Waals surface area contributed by atoms with Crippen LogP contribution in [0.3, 0.4) is 0 Å². The molecule has 0 atom stereocenters. The summed E-state index contributed by atoms with van der Waals surface area (Å²) in [5.74, 6) is 0.0563. The summed E-state index contributed by atoms with van der Waals surface area (Å²) >= 11 is 0. The standard InChI is InChI=1S/C15H31NO4Si.C12H25NOSi/c1-6-12-16(15(17)7-2)13-11-14-21(18-8-3,19-9-4)20-10-5;1-6-9-13(12(14)7-2)10-8-11-15(3,4)5/h7H,2,6,8-14H2,1,3-5H3;7H,2,6,8-11H2,1,3-5H3. The maximum Gasteiger partial charge on any atom is 0.500 e. The molecular formula is C27H56N2O5Si2. The van der Waals surface area contributed by atoms with Crippen molar-refractivity contribution >= 4 is 28.7 Å². The van der Waals surface area contributed by atoms with Crippen LogP contribution in [0.4, 0.5) is 0 Å². The first kappa shape index (κ1) is 36.9. The van der Waals surface area contributed by atoms with Crippen LogP contribution in [0.2, 0.25) is 31.7 Å². The van der Waals surface area contributed by atoms with Crippen LogP contribution in [0.5, 0.6) is 0 Å². The first-order valence-corrected chi connectivity index (χ1v) is 19.4. The molecule has 0 aliphatic rings. The van der Waals surface area contributed by atoms with E-state index in [2.05, 4.69) is 46.6 Å². The van der Waals surface area contributed by atoms with Crippen LogP contribution in [0.1, 0.15) is 60.3 Å². The number of hydrogen-bond donors (Lipinski definition) is 0. The largest absolute Gasteiger partial charge is 0.500 e. The average molecular weight is 545 g/mol. The van der Waals surface area contributed by atoms with E-state index in [-0.39, 0.29) is 11.8 Å². The van der Waals surface area contributed by atoms with E-state index >= 15 is 0 Å². The molecule has 0 heterocycles. The number of rotatable bonds is 20. The predicted octanol–water partition coefficient (Wildman–Crippen LogP) is 5.99.